The van der Waals surface area contributed by atoms with Crippen LogP contribution in [0.4, 0.5) is 17.1 Å². The molecule has 0 aromatic heterocycles. The van der Waals surface area contributed by atoms with Crippen LogP contribution in [0.25, 0.3) is 0 Å². The van der Waals surface area contributed by atoms with E-state index in [-0.39, 0.29) is 5.78 Å². The third-order valence-corrected chi connectivity index (χ3v) is 3.15. The van der Waals surface area contributed by atoms with E-state index in [1.165, 1.54) is 6.92 Å². The number of aryl methyl sites for hydroxylation is 1. The number of Topliss-reactive ketones (excluding diaryl/α,β-unsaturated/α-hetero) is 1. The minimum Gasteiger partial charge on any atom is -0.398 e. The second-order valence-electron chi connectivity index (χ2n) is 4.44. The summed E-state index contributed by atoms with van der Waals surface area (Å²) in [4.78, 5) is 11.5. The summed E-state index contributed by atoms with van der Waals surface area (Å²) in [6, 6.07) is 10.9. The largest absolute Gasteiger partial charge is 0.398 e. The Bertz CT molecular complexity index is 638. The van der Waals surface area contributed by atoms with Crippen molar-refractivity contribution >= 4 is 34.4 Å². The number of anilines is 3. The molecule has 0 saturated carbocycles. The number of nitrogens with two attached hydrogens (primary N) is 1. The summed E-state index contributed by atoms with van der Waals surface area (Å²) in [5.41, 5.74) is 9.57. The maximum Gasteiger partial charge on any atom is 0.161 e. The first-order valence-electron chi connectivity index (χ1n) is 5.91. The maximum absolute atomic E-state index is 11.5. The van der Waals surface area contributed by atoms with Gasteiger partial charge in [-0.3, -0.25) is 4.79 Å². The molecule has 0 unspecified atom stereocenters. The van der Waals surface area contributed by atoms with Crippen molar-refractivity contribution in [1.29, 1.82) is 0 Å². The SMILES string of the molecule is CC(=O)c1cc(Nc2cc(Cl)ccc2C)ccc1N. The molecule has 0 radical (unpaired) electrons. The van der Waals surface area contributed by atoms with Gasteiger partial charge in [0.15, 0.2) is 5.78 Å². The number of halogens is 1. The highest BCUT2D eigenvalue weighted by Crippen LogP contribution is 2.26. The van der Waals surface area contributed by atoms with Crippen molar-refractivity contribution in [3.63, 3.8) is 0 Å². The van der Waals surface area contributed by atoms with Crippen molar-refractivity contribution in [2.75, 3.05) is 11.1 Å². The second kappa shape index (κ2) is 5.33. The molecule has 4 heteroatoms. The van der Waals surface area contributed by atoms with Gasteiger partial charge in [-0.2, -0.15) is 0 Å². The number of carbonyl (C=O) groups is 1. The van der Waals surface area contributed by atoms with Gasteiger partial charge in [-0.25, -0.2) is 0 Å². The van der Waals surface area contributed by atoms with Crippen LogP contribution in [0.1, 0.15) is 22.8 Å². The first-order valence-corrected chi connectivity index (χ1v) is 6.29. The Hall–Kier alpha value is -2.00. The molecule has 2 rings (SSSR count). The molecule has 0 spiro atoms. The summed E-state index contributed by atoms with van der Waals surface area (Å²) < 4.78 is 0. The molecule has 0 fully saturated rings. The molecule has 0 saturated heterocycles. The Kier molecular flexibility index (Phi) is 3.76. The number of nitrogens with one attached hydrogen (secondary N) is 1. The van der Waals surface area contributed by atoms with E-state index in [2.05, 4.69) is 5.32 Å². The lowest BCUT2D eigenvalue weighted by molar-refractivity contribution is 0.101. The minimum absolute atomic E-state index is 0.0519. The van der Waals surface area contributed by atoms with Gasteiger partial charge < -0.3 is 11.1 Å². The van der Waals surface area contributed by atoms with Crippen LogP contribution in [0.3, 0.4) is 0 Å². The first kappa shape index (κ1) is 13.4. The molecular formula is C15H15ClN2O. The van der Waals surface area contributed by atoms with Gasteiger partial charge in [0.2, 0.25) is 0 Å². The zero-order valence-electron chi connectivity index (χ0n) is 10.8. The third-order valence-electron chi connectivity index (χ3n) is 2.91. The van der Waals surface area contributed by atoms with Gasteiger partial charge in [0.05, 0.1) is 0 Å². The van der Waals surface area contributed by atoms with Crippen LogP contribution in [0.15, 0.2) is 36.4 Å². The number of hydrogen-bond acceptors (Lipinski definition) is 3. The van der Waals surface area contributed by atoms with Crippen LogP contribution < -0.4 is 11.1 Å². The number of nitrogen functional groups attached to an aromatic ring is 1. The number of benzene rings is 2. The summed E-state index contributed by atoms with van der Waals surface area (Å²) in [6.45, 7) is 3.49. The highest BCUT2D eigenvalue weighted by molar-refractivity contribution is 6.30. The fourth-order valence-electron chi connectivity index (χ4n) is 1.82. The Balaban J connectivity index is 2.36. The maximum atomic E-state index is 11.5. The Morgan fingerprint density at radius 1 is 1.21 bits per heavy atom. The van der Waals surface area contributed by atoms with E-state index in [0.717, 1.165) is 16.9 Å². The van der Waals surface area contributed by atoms with E-state index in [4.69, 9.17) is 17.3 Å². The molecule has 3 nitrogen and oxygen atoms in total. The predicted octanol–water partition coefficient (Wildman–Crippen LogP) is 4.18. The van der Waals surface area contributed by atoms with E-state index in [9.17, 15) is 4.79 Å². The van der Waals surface area contributed by atoms with E-state index in [0.29, 0.717) is 16.3 Å². The lowest BCUT2D eigenvalue weighted by Gasteiger charge is -2.12. The van der Waals surface area contributed by atoms with E-state index in [1.54, 1.807) is 12.1 Å². The van der Waals surface area contributed by atoms with Crippen LogP contribution in [-0.4, -0.2) is 5.78 Å². The van der Waals surface area contributed by atoms with Gasteiger partial charge in [-0.15, -0.1) is 0 Å². The number of hydrogen-bond donors (Lipinski definition) is 2. The number of carbonyl (C=O) groups excluding carboxylic acids is 1. The Labute approximate surface area is 117 Å². The topological polar surface area (TPSA) is 55.1 Å². The third kappa shape index (κ3) is 3.06. The summed E-state index contributed by atoms with van der Waals surface area (Å²) in [7, 11) is 0. The second-order valence-corrected chi connectivity index (χ2v) is 4.88. The van der Waals surface area contributed by atoms with Gasteiger partial charge in [0.1, 0.15) is 0 Å². The van der Waals surface area contributed by atoms with Crippen molar-refractivity contribution in [2.45, 2.75) is 13.8 Å². The molecule has 0 aliphatic carbocycles. The molecule has 0 bridgehead atoms. The van der Waals surface area contributed by atoms with Crippen molar-refractivity contribution in [3.05, 3.63) is 52.5 Å². The average molecular weight is 275 g/mol. The Morgan fingerprint density at radius 3 is 2.63 bits per heavy atom. The average Bonchev–Trinajstić information content (AvgIpc) is 2.36. The summed E-state index contributed by atoms with van der Waals surface area (Å²) >= 11 is 5.98. The van der Waals surface area contributed by atoms with Crippen LogP contribution in [-0.2, 0) is 0 Å². The zero-order chi connectivity index (χ0) is 14.0. The highest BCUT2D eigenvalue weighted by atomic mass is 35.5. The van der Waals surface area contributed by atoms with Gasteiger partial charge >= 0.3 is 0 Å². The van der Waals surface area contributed by atoms with Gasteiger partial charge in [0, 0.05) is 27.6 Å². The molecule has 19 heavy (non-hydrogen) atoms. The summed E-state index contributed by atoms with van der Waals surface area (Å²) in [5, 5.41) is 3.91. The van der Waals surface area contributed by atoms with Crippen LogP contribution in [0, 0.1) is 6.92 Å². The van der Waals surface area contributed by atoms with Crippen LogP contribution in [0.2, 0.25) is 5.02 Å². The van der Waals surface area contributed by atoms with Crippen molar-refractivity contribution in [2.24, 2.45) is 0 Å². The quantitative estimate of drug-likeness (QED) is 0.652. The summed E-state index contributed by atoms with van der Waals surface area (Å²) in [6.07, 6.45) is 0. The molecule has 0 aliphatic rings. The fourth-order valence-corrected chi connectivity index (χ4v) is 2.00. The number of ketones is 1. The molecule has 0 heterocycles. The molecule has 3 N–H and O–H groups in total. The molecule has 2 aromatic carbocycles. The van der Waals surface area contributed by atoms with Crippen LogP contribution >= 0.6 is 11.6 Å². The molecular weight excluding hydrogens is 260 g/mol. The molecule has 0 aliphatic heterocycles. The molecule has 2 aromatic rings. The van der Waals surface area contributed by atoms with Crippen molar-refractivity contribution in [1.82, 2.24) is 0 Å². The summed E-state index contributed by atoms with van der Waals surface area (Å²) in [5.74, 6) is -0.0519. The van der Waals surface area contributed by atoms with E-state index in [1.807, 2.05) is 31.2 Å². The highest BCUT2D eigenvalue weighted by Gasteiger charge is 2.07. The predicted molar refractivity (Wildman–Crippen MR) is 80.3 cm³/mol. The lowest BCUT2D eigenvalue weighted by Crippen LogP contribution is -2.01. The molecule has 0 atom stereocenters. The Morgan fingerprint density at radius 2 is 1.95 bits per heavy atom. The minimum atomic E-state index is -0.0519. The normalized spacial score (nSPS) is 10.3. The first-order chi connectivity index (χ1) is 8.97. The van der Waals surface area contributed by atoms with Gasteiger partial charge in [-0.1, -0.05) is 17.7 Å². The fraction of sp³-hybridized carbons (Fsp3) is 0.133. The van der Waals surface area contributed by atoms with Crippen LogP contribution in [0.5, 0.6) is 0 Å². The standard InChI is InChI=1S/C15H15ClN2O/c1-9-3-4-11(16)7-15(9)18-12-5-6-14(17)13(8-12)10(2)19/h3-8,18H,17H2,1-2H3. The zero-order valence-corrected chi connectivity index (χ0v) is 11.6. The van der Waals surface area contributed by atoms with Gasteiger partial charge in [-0.05, 0) is 49.7 Å². The van der Waals surface area contributed by atoms with Crippen molar-refractivity contribution in [3.8, 4) is 0 Å². The van der Waals surface area contributed by atoms with Crippen molar-refractivity contribution < 1.29 is 4.79 Å². The van der Waals surface area contributed by atoms with Gasteiger partial charge in [0.25, 0.3) is 0 Å². The molecule has 98 valence electrons. The van der Waals surface area contributed by atoms with E-state index >= 15 is 0 Å². The smallest absolute Gasteiger partial charge is 0.161 e. The monoisotopic (exact) mass is 274 g/mol. The number of rotatable bonds is 3. The molecule has 0 amide bonds. The van der Waals surface area contributed by atoms with E-state index < -0.39 is 0 Å². The lowest BCUT2D eigenvalue weighted by atomic mass is 10.1.